The third-order valence-electron chi connectivity index (χ3n) is 12.3. The van der Waals surface area contributed by atoms with E-state index in [-0.39, 0.29) is 39.5 Å². The smallest absolute Gasteiger partial charge is 0.229 e. The Kier molecular flexibility index (Phi) is 19.9. The minimum Gasteiger partial charge on any atom is -0.351 e. The number of hydroxylamine groups is 4. The molecule has 2 aliphatic rings. The van der Waals surface area contributed by atoms with E-state index in [2.05, 4.69) is 114 Å². The Bertz CT molecular complexity index is 1100. The molecular weight excluding hydrogens is 706 g/mol. The highest BCUT2D eigenvalue weighted by Crippen LogP contribution is 2.45. The van der Waals surface area contributed by atoms with Gasteiger partial charge in [0.25, 0.3) is 0 Å². The Labute approximate surface area is 343 Å². The molecule has 2 aliphatic heterocycles. The molecule has 2 atom stereocenters. The molecule has 10 heteroatoms. The van der Waals surface area contributed by atoms with Crippen LogP contribution in [0.5, 0.6) is 0 Å². The Balaban J connectivity index is 1.69. The van der Waals surface area contributed by atoms with Crippen molar-refractivity contribution >= 4 is 23.5 Å². The van der Waals surface area contributed by atoms with Gasteiger partial charge in [0.05, 0.1) is 13.2 Å². The minimum absolute atomic E-state index is 0.102. The summed E-state index contributed by atoms with van der Waals surface area (Å²) in [6.45, 7) is 29.4. The number of nitrogens with one attached hydrogen (secondary N) is 2. The van der Waals surface area contributed by atoms with Gasteiger partial charge in [-0.3, -0.25) is 9.68 Å². The number of halogens is 1. The number of piperidine rings is 2. The molecule has 55 heavy (non-hydrogen) atoms. The molecule has 1 aromatic rings. The number of hydrogen-bond donors (Lipinski definition) is 2. The molecule has 0 aromatic carbocycles. The molecule has 2 N–H and O–H groups in total. The molecule has 0 spiro atoms. The summed E-state index contributed by atoms with van der Waals surface area (Å²) < 4.78 is 0. The molecule has 3 rings (SSSR count). The van der Waals surface area contributed by atoms with E-state index in [0.717, 1.165) is 77.4 Å². The largest absolute Gasteiger partial charge is 0.351 e. The molecule has 0 bridgehead atoms. The number of anilines is 2. The first kappa shape index (κ1) is 48.1. The lowest BCUT2D eigenvalue weighted by atomic mass is 9.71. The second-order valence-corrected chi connectivity index (χ2v) is 20.0. The minimum atomic E-state index is -0.102. The first-order valence-electron chi connectivity index (χ1n) is 22.8. The summed E-state index contributed by atoms with van der Waals surface area (Å²) in [4.78, 5) is 27.4. The van der Waals surface area contributed by atoms with Crippen molar-refractivity contribution in [3.63, 3.8) is 0 Å². The van der Waals surface area contributed by atoms with E-state index in [4.69, 9.17) is 26.3 Å². The van der Waals surface area contributed by atoms with Gasteiger partial charge in [-0.25, -0.2) is 0 Å². The molecule has 2 fully saturated rings. The number of unbranched alkanes of at least 4 members (excludes halogenated alkanes) is 10. The van der Waals surface area contributed by atoms with Crippen molar-refractivity contribution in [1.82, 2.24) is 25.1 Å². The lowest BCUT2D eigenvalue weighted by Gasteiger charge is -2.55. The van der Waals surface area contributed by atoms with Crippen LogP contribution in [0.2, 0.25) is 5.28 Å². The number of hydrogen-bond acceptors (Lipinski definition) is 9. The van der Waals surface area contributed by atoms with Crippen molar-refractivity contribution in [1.29, 1.82) is 0 Å². The molecule has 2 unspecified atom stereocenters. The van der Waals surface area contributed by atoms with Gasteiger partial charge in [0.15, 0.2) is 0 Å². The average Bonchev–Trinajstić information content (AvgIpc) is 3.07. The van der Waals surface area contributed by atoms with Gasteiger partial charge in [-0.05, 0) is 130 Å². The Hall–Kier alpha value is -1.26. The van der Waals surface area contributed by atoms with E-state index in [1.807, 2.05) is 0 Å². The lowest BCUT2D eigenvalue weighted by Crippen LogP contribution is -2.62. The van der Waals surface area contributed by atoms with Crippen LogP contribution >= 0.6 is 11.6 Å². The Morgan fingerprint density at radius 2 is 0.855 bits per heavy atom. The van der Waals surface area contributed by atoms with Gasteiger partial charge in [-0.15, -0.1) is 0 Å². The molecule has 0 amide bonds. The first-order chi connectivity index (χ1) is 26.0. The molecule has 0 radical (unpaired) electrons. The third kappa shape index (κ3) is 15.1. The monoisotopic (exact) mass is 792 g/mol. The summed E-state index contributed by atoms with van der Waals surface area (Å²) in [6.07, 6.45) is 23.6. The average molecular weight is 793 g/mol. The summed E-state index contributed by atoms with van der Waals surface area (Å²) >= 11 is 6.67. The Morgan fingerprint density at radius 1 is 0.527 bits per heavy atom. The fourth-order valence-electron chi connectivity index (χ4n) is 10.3. The highest BCUT2D eigenvalue weighted by molar-refractivity contribution is 6.28. The van der Waals surface area contributed by atoms with Crippen LogP contribution in [0, 0.1) is 11.8 Å². The number of aromatic nitrogens is 3. The molecule has 2 saturated heterocycles. The molecule has 0 aliphatic carbocycles. The van der Waals surface area contributed by atoms with E-state index < -0.39 is 0 Å². The van der Waals surface area contributed by atoms with Crippen LogP contribution in [0.1, 0.15) is 212 Å². The fraction of sp³-hybridized carbons (Fsp3) is 0.933. The predicted octanol–water partition coefficient (Wildman–Crippen LogP) is 12.8. The summed E-state index contributed by atoms with van der Waals surface area (Å²) in [6, 6.07) is 0.425. The molecule has 9 nitrogen and oxygen atoms in total. The zero-order chi connectivity index (χ0) is 40.7. The van der Waals surface area contributed by atoms with Gasteiger partial charge in [0.1, 0.15) is 0 Å². The second kappa shape index (κ2) is 22.8. The van der Waals surface area contributed by atoms with Crippen LogP contribution < -0.4 is 10.6 Å². The molecule has 1 aromatic heterocycles. The predicted molar refractivity (Wildman–Crippen MR) is 234 cm³/mol. The van der Waals surface area contributed by atoms with Crippen molar-refractivity contribution < 1.29 is 9.68 Å². The highest BCUT2D eigenvalue weighted by Gasteiger charge is 2.49. The molecule has 320 valence electrons. The van der Waals surface area contributed by atoms with Crippen LogP contribution in [0.3, 0.4) is 0 Å². The van der Waals surface area contributed by atoms with Crippen molar-refractivity contribution in [2.75, 3.05) is 23.8 Å². The zero-order valence-electron chi connectivity index (χ0n) is 37.8. The highest BCUT2D eigenvalue weighted by atomic mass is 35.5. The van der Waals surface area contributed by atoms with Crippen molar-refractivity contribution in [2.45, 2.75) is 246 Å². The van der Waals surface area contributed by atoms with Crippen LogP contribution in [-0.4, -0.2) is 72.5 Å². The SMILES string of the molecule is CCCCCCCCON1C(C)(C)CC(C(CCC)Nc2nc(Cl)nc(NC(CCC)C3CC(C)(C)N(OCCCCCCCC)C(C)(C)C3)n2)CC1(C)C. The van der Waals surface area contributed by atoms with Crippen molar-refractivity contribution in [3.05, 3.63) is 5.28 Å². The summed E-state index contributed by atoms with van der Waals surface area (Å²) in [5.74, 6) is 1.98. The van der Waals surface area contributed by atoms with E-state index in [1.165, 1.54) is 64.2 Å². The summed E-state index contributed by atoms with van der Waals surface area (Å²) in [5, 5.41) is 12.4. The van der Waals surface area contributed by atoms with Gasteiger partial charge < -0.3 is 10.6 Å². The first-order valence-corrected chi connectivity index (χ1v) is 23.2. The third-order valence-corrected chi connectivity index (χ3v) is 12.4. The maximum Gasteiger partial charge on any atom is 0.229 e. The Morgan fingerprint density at radius 3 is 1.18 bits per heavy atom. The molecular formula is C45H86ClN7O2. The van der Waals surface area contributed by atoms with Gasteiger partial charge in [0.2, 0.25) is 17.2 Å². The van der Waals surface area contributed by atoms with E-state index in [1.54, 1.807) is 0 Å². The number of nitrogens with zero attached hydrogens (tertiary/aromatic N) is 5. The standard InChI is InChI=1S/C45H86ClN7O2/c1-13-17-19-21-23-25-29-54-52-42(5,6)31-35(32-43(52,7)8)37(27-15-3)47-40-49-39(46)50-41(51-40)48-38(28-16-4)36-33-44(9,10)53(45(11,12)34-36)55-30-26-24-22-20-18-14-2/h35-38H,13-34H2,1-12H3,(H2,47,48,49,50,51). The topological polar surface area (TPSA) is 87.7 Å². The maximum absolute atomic E-state index is 6.67. The van der Waals surface area contributed by atoms with Crippen molar-refractivity contribution in [2.24, 2.45) is 11.8 Å². The van der Waals surface area contributed by atoms with Crippen LogP contribution in [-0.2, 0) is 9.68 Å². The zero-order valence-corrected chi connectivity index (χ0v) is 38.6. The summed E-state index contributed by atoms with van der Waals surface area (Å²) in [7, 11) is 0. The second-order valence-electron chi connectivity index (χ2n) is 19.7. The van der Waals surface area contributed by atoms with Crippen LogP contribution in [0.4, 0.5) is 11.9 Å². The number of rotatable bonds is 26. The van der Waals surface area contributed by atoms with Gasteiger partial charge in [0, 0.05) is 34.2 Å². The lowest BCUT2D eigenvalue weighted by molar-refractivity contribution is -0.289. The quantitative estimate of drug-likeness (QED) is 0.0890. The van der Waals surface area contributed by atoms with Gasteiger partial charge in [-0.1, -0.05) is 105 Å². The van der Waals surface area contributed by atoms with E-state index in [0.29, 0.717) is 23.7 Å². The van der Waals surface area contributed by atoms with E-state index in [9.17, 15) is 0 Å². The van der Waals surface area contributed by atoms with Crippen LogP contribution in [0.15, 0.2) is 0 Å². The fourth-order valence-corrected chi connectivity index (χ4v) is 10.5. The van der Waals surface area contributed by atoms with Crippen molar-refractivity contribution in [3.8, 4) is 0 Å². The van der Waals surface area contributed by atoms with Gasteiger partial charge in [-0.2, -0.15) is 25.1 Å². The maximum atomic E-state index is 6.67. The van der Waals surface area contributed by atoms with Gasteiger partial charge >= 0.3 is 0 Å². The summed E-state index contributed by atoms with van der Waals surface area (Å²) in [5.41, 5.74) is -0.407. The molecule has 3 heterocycles. The van der Waals surface area contributed by atoms with E-state index >= 15 is 0 Å². The molecule has 0 saturated carbocycles. The normalized spacial score (nSPS) is 21.4. The van der Waals surface area contributed by atoms with Crippen LogP contribution in [0.25, 0.3) is 0 Å².